The van der Waals surface area contributed by atoms with E-state index >= 15 is 0 Å². The summed E-state index contributed by atoms with van der Waals surface area (Å²) in [5, 5.41) is 19.0. The number of tetrazole rings is 1. The van der Waals surface area contributed by atoms with Gasteiger partial charge < -0.3 is 4.74 Å². The van der Waals surface area contributed by atoms with Crippen molar-refractivity contribution < 1.29 is 4.74 Å². The smallest absolute Gasteiger partial charge is 0.335 e. The number of aromatic nitrogens is 7. The van der Waals surface area contributed by atoms with Crippen LogP contribution in [-0.4, -0.2) is 42.0 Å². The molecule has 2 heterocycles. The molecule has 2 aromatic carbocycles. The van der Waals surface area contributed by atoms with Crippen molar-refractivity contribution in [2.75, 3.05) is 6.61 Å². The second-order valence-electron chi connectivity index (χ2n) is 7.10. The topological polar surface area (TPSA) is 94.4 Å². The van der Waals surface area contributed by atoms with Crippen molar-refractivity contribution in [3.05, 3.63) is 59.9 Å². The zero-order chi connectivity index (χ0) is 20.9. The molecule has 0 aliphatic heterocycles. The molecule has 8 nitrogen and oxygen atoms in total. The van der Waals surface area contributed by atoms with E-state index in [9.17, 15) is 0 Å². The molecule has 30 heavy (non-hydrogen) atoms. The number of aromatic amines is 1. The third-order valence-electron chi connectivity index (χ3n) is 5.10. The highest BCUT2D eigenvalue weighted by Crippen LogP contribution is 2.30. The van der Waals surface area contributed by atoms with Gasteiger partial charge in [-0.15, -0.1) is 15.3 Å². The number of rotatable bonds is 8. The van der Waals surface area contributed by atoms with Crippen molar-refractivity contribution >= 4 is 0 Å². The van der Waals surface area contributed by atoms with Gasteiger partial charge in [0.15, 0.2) is 0 Å². The average molecular weight is 403 g/mol. The van der Waals surface area contributed by atoms with E-state index in [1.54, 1.807) is 0 Å². The minimum atomic E-state index is 0.266. The molecular formula is C22H25N7O. The van der Waals surface area contributed by atoms with Crippen LogP contribution in [0, 0.1) is 0 Å². The Balaban J connectivity index is 1.60. The lowest BCUT2D eigenvalue weighted by molar-refractivity contribution is 0.307. The molecule has 0 amide bonds. The van der Waals surface area contributed by atoms with Crippen LogP contribution in [0.25, 0.3) is 22.5 Å². The molecule has 4 aromatic rings. The van der Waals surface area contributed by atoms with Crippen LogP contribution < -0.4 is 4.74 Å². The van der Waals surface area contributed by atoms with E-state index in [2.05, 4.69) is 74.9 Å². The third-order valence-corrected chi connectivity index (χ3v) is 5.10. The van der Waals surface area contributed by atoms with Gasteiger partial charge in [0.25, 0.3) is 0 Å². The molecule has 2 aromatic heterocycles. The van der Waals surface area contributed by atoms with Crippen molar-refractivity contribution in [1.82, 2.24) is 35.4 Å². The summed E-state index contributed by atoms with van der Waals surface area (Å²) in [5.74, 6) is 1.49. The Kier molecular flexibility index (Phi) is 5.83. The minimum Gasteiger partial charge on any atom is -0.463 e. The quantitative estimate of drug-likeness (QED) is 0.476. The van der Waals surface area contributed by atoms with Gasteiger partial charge in [-0.2, -0.15) is 10.2 Å². The lowest BCUT2D eigenvalue weighted by atomic mass is 9.98. The monoisotopic (exact) mass is 403 g/mol. The molecule has 0 aliphatic carbocycles. The van der Waals surface area contributed by atoms with E-state index < -0.39 is 0 Å². The molecule has 1 unspecified atom stereocenters. The lowest BCUT2D eigenvalue weighted by Gasteiger charge is -2.12. The van der Waals surface area contributed by atoms with Crippen LogP contribution in [0.1, 0.15) is 44.6 Å². The largest absolute Gasteiger partial charge is 0.463 e. The van der Waals surface area contributed by atoms with E-state index in [4.69, 9.17) is 4.74 Å². The van der Waals surface area contributed by atoms with Crippen LogP contribution in [0.3, 0.4) is 0 Å². The first-order chi connectivity index (χ1) is 14.7. The standard InChI is InChI=1S/C22H25N7O/c1-4-15(3)29-20(23-22(26-29)30-5-2)14-16-10-12-17(13-11-16)18-8-6-7-9-19(18)21-24-27-28-25-21/h6-13,15H,4-5,14H2,1-3H3,(H,24,25,27,28). The van der Waals surface area contributed by atoms with Gasteiger partial charge in [0.05, 0.1) is 12.6 Å². The molecule has 0 radical (unpaired) electrons. The van der Waals surface area contributed by atoms with Gasteiger partial charge >= 0.3 is 6.01 Å². The van der Waals surface area contributed by atoms with Gasteiger partial charge in [0.1, 0.15) is 5.82 Å². The summed E-state index contributed by atoms with van der Waals surface area (Å²) in [6.45, 7) is 6.78. The highest BCUT2D eigenvalue weighted by atomic mass is 16.5. The summed E-state index contributed by atoms with van der Waals surface area (Å²) in [7, 11) is 0. The molecule has 1 N–H and O–H groups in total. The normalized spacial score (nSPS) is 12.1. The van der Waals surface area contributed by atoms with Gasteiger partial charge in [-0.1, -0.05) is 55.5 Å². The van der Waals surface area contributed by atoms with Crippen LogP contribution in [0.4, 0.5) is 0 Å². The van der Waals surface area contributed by atoms with Crippen LogP contribution in [0.5, 0.6) is 6.01 Å². The Morgan fingerprint density at radius 3 is 2.47 bits per heavy atom. The van der Waals surface area contributed by atoms with Crippen molar-refractivity contribution in [3.8, 4) is 28.5 Å². The highest BCUT2D eigenvalue weighted by Gasteiger charge is 2.16. The SMILES string of the molecule is CCOc1nc(Cc2ccc(-c3ccccc3-c3nn[nH]n3)cc2)n(C(C)CC)n1. The number of nitrogens with one attached hydrogen (secondary N) is 1. The first-order valence-corrected chi connectivity index (χ1v) is 10.2. The Morgan fingerprint density at radius 1 is 1.03 bits per heavy atom. The highest BCUT2D eigenvalue weighted by molar-refractivity contribution is 5.80. The van der Waals surface area contributed by atoms with Crippen LogP contribution in [0.2, 0.25) is 0 Å². The molecule has 154 valence electrons. The number of H-pyrrole nitrogens is 1. The lowest BCUT2D eigenvalue weighted by Crippen LogP contribution is -2.11. The summed E-state index contributed by atoms with van der Waals surface area (Å²) < 4.78 is 7.50. The number of hydrogen-bond acceptors (Lipinski definition) is 6. The maximum absolute atomic E-state index is 5.52. The summed E-state index contributed by atoms with van der Waals surface area (Å²) in [5.41, 5.74) is 4.26. The van der Waals surface area contributed by atoms with Crippen LogP contribution >= 0.6 is 0 Å². The van der Waals surface area contributed by atoms with Crippen LogP contribution in [-0.2, 0) is 6.42 Å². The Bertz CT molecular complexity index is 1090. The fourth-order valence-corrected chi connectivity index (χ4v) is 3.36. The number of nitrogens with zero attached hydrogens (tertiary/aromatic N) is 6. The number of benzene rings is 2. The van der Waals surface area contributed by atoms with Gasteiger partial charge in [-0.3, -0.25) is 0 Å². The van der Waals surface area contributed by atoms with Crippen LogP contribution in [0.15, 0.2) is 48.5 Å². The zero-order valence-electron chi connectivity index (χ0n) is 17.4. The molecule has 0 spiro atoms. The van der Waals surface area contributed by atoms with Gasteiger partial charge in [-0.05, 0) is 42.2 Å². The van der Waals surface area contributed by atoms with E-state index in [1.807, 2.05) is 29.8 Å². The zero-order valence-corrected chi connectivity index (χ0v) is 17.4. The fourth-order valence-electron chi connectivity index (χ4n) is 3.36. The molecule has 8 heteroatoms. The van der Waals surface area contributed by atoms with E-state index in [-0.39, 0.29) is 6.04 Å². The first-order valence-electron chi connectivity index (χ1n) is 10.2. The summed E-state index contributed by atoms with van der Waals surface area (Å²) in [6, 6.07) is 17.2. The van der Waals surface area contributed by atoms with Crippen molar-refractivity contribution in [1.29, 1.82) is 0 Å². The molecule has 0 bridgehead atoms. The molecule has 4 rings (SSSR count). The molecule has 0 saturated heterocycles. The number of ether oxygens (including phenoxy) is 1. The molecule has 0 aliphatic rings. The fraction of sp³-hybridized carbons (Fsp3) is 0.318. The third kappa shape index (κ3) is 4.07. The summed E-state index contributed by atoms with van der Waals surface area (Å²) in [4.78, 5) is 4.60. The maximum atomic E-state index is 5.52. The predicted octanol–water partition coefficient (Wildman–Crippen LogP) is 4.09. The second kappa shape index (κ2) is 8.86. The number of hydrogen-bond donors (Lipinski definition) is 1. The Labute approximate surface area is 175 Å². The van der Waals surface area contributed by atoms with Crippen molar-refractivity contribution in [2.24, 2.45) is 0 Å². The van der Waals surface area contributed by atoms with E-state index in [1.165, 1.54) is 0 Å². The Hall–Kier alpha value is -3.55. The molecular weight excluding hydrogens is 378 g/mol. The van der Waals surface area contributed by atoms with Gasteiger partial charge in [-0.25, -0.2) is 4.68 Å². The average Bonchev–Trinajstić information content (AvgIpc) is 3.45. The predicted molar refractivity (Wildman–Crippen MR) is 114 cm³/mol. The molecule has 0 fully saturated rings. The van der Waals surface area contributed by atoms with Crippen molar-refractivity contribution in [2.45, 2.75) is 39.7 Å². The van der Waals surface area contributed by atoms with E-state index in [0.717, 1.165) is 34.5 Å². The second-order valence-corrected chi connectivity index (χ2v) is 7.10. The Morgan fingerprint density at radius 2 is 1.80 bits per heavy atom. The van der Waals surface area contributed by atoms with Gasteiger partial charge in [0, 0.05) is 12.0 Å². The maximum Gasteiger partial charge on any atom is 0.335 e. The molecule has 1 atom stereocenters. The molecule has 0 saturated carbocycles. The van der Waals surface area contributed by atoms with Crippen molar-refractivity contribution in [3.63, 3.8) is 0 Å². The first kappa shape index (κ1) is 19.8. The van der Waals surface area contributed by atoms with Gasteiger partial charge in [0.2, 0.25) is 5.82 Å². The summed E-state index contributed by atoms with van der Waals surface area (Å²) >= 11 is 0. The summed E-state index contributed by atoms with van der Waals surface area (Å²) in [6.07, 6.45) is 1.67. The van der Waals surface area contributed by atoms with E-state index in [0.29, 0.717) is 24.9 Å². The minimum absolute atomic E-state index is 0.266.